The van der Waals surface area contributed by atoms with E-state index in [1.54, 1.807) is 0 Å². The van der Waals surface area contributed by atoms with Crippen molar-refractivity contribution < 1.29 is 17.6 Å². The molecule has 0 atom stereocenters. The maximum Gasteiger partial charge on any atom is 0.432 e. The number of nitrogens with one attached hydrogen (secondary N) is 1. The molecule has 6 heteroatoms. The second kappa shape index (κ2) is 3.23. The van der Waals surface area contributed by atoms with Crippen LogP contribution >= 0.6 is 0 Å². The lowest BCUT2D eigenvalue weighted by atomic mass is 10.1. The van der Waals surface area contributed by atoms with Gasteiger partial charge in [0.05, 0.1) is 11.1 Å². The summed E-state index contributed by atoms with van der Waals surface area (Å²) in [6.07, 6.45) is -4.70. The van der Waals surface area contributed by atoms with Crippen LogP contribution < -0.4 is 0 Å². The molecular formula is C10H4F4N2. The van der Waals surface area contributed by atoms with E-state index >= 15 is 0 Å². The third-order valence-electron chi connectivity index (χ3n) is 2.18. The van der Waals surface area contributed by atoms with E-state index in [1.165, 1.54) is 18.2 Å². The number of nitriles is 1. The van der Waals surface area contributed by atoms with Gasteiger partial charge in [0.25, 0.3) is 0 Å². The maximum absolute atomic E-state index is 13.2. The first-order chi connectivity index (χ1) is 7.45. The number of aromatic nitrogens is 1. The van der Waals surface area contributed by atoms with Gasteiger partial charge in [-0.3, -0.25) is 0 Å². The van der Waals surface area contributed by atoms with Gasteiger partial charge in [0, 0.05) is 5.39 Å². The van der Waals surface area contributed by atoms with Gasteiger partial charge in [0.15, 0.2) is 0 Å². The Morgan fingerprint density at radius 2 is 1.94 bits per heavy atom. The largest absolute Gasteiger partial charge is 0.432 e. The van der Waals surface area contributed by atoms with Crippen LogP contribution in [0.4, 0.5) is 17.6 Å². The van der Waals surface area contributed by atoms with Crippen molar-refractivity contribution in [3.63, 3.8) is 0 Å². The molecule has 0 radical (unpaired) electrons. The summed E-state index contributed by atoms with van der Waals surface area (Å²) >= 11 is 0. The molecule has 2 nitrogen and oxygen atoms in total. The molecule has 0 saturated heterocycles. The summed E-state index contributed by atoms with van der Waals surface area (Å²) in [5.74, 6) is -0.815. The van der Waals surface area contributed by atoms with E-state index in [2.05, 4.69) is 0 Å². The fourth-order valence-corrected chi connectivity index (χ4v) is 1.51. The van der Waals surface area contributed by atoms with Crippen LogP contribution in [0.1, 0.15) is 11.3 Å². The molecule has 1 heterocycles. The number of hydrogen-bond donors (Lipinski definition) is 1. The van der Waals surface area contributed by atoms with E-state index in [1.807, 2.05) is 4.98 Å². The number of halogens is 4. The molecule has 2 rings (SSSR count). The van der Waals surface area contributed by atoms with Gasteiger partial charge in [-0.1, -0.05) is 12.1 Å². The average molecular weight is 228 g/mol. The van der Waals surface area contributed by atoms with Crippen LogP contribution in [-0.4, -0.2) is 4.98 Å². The van der Waals surface area contributed by atoms with Crippen molar-refractivity contribution in [3.05, 3.63) is 35.3 Å². The molecule has 1 aromatic carbocycles. The number of rotatable bonds is 0. The highest BCUT2D eigenvalue weighted by atomic mass is 19.4. The van der Waals surface area contributed by atoms with Gasteiger partial charge in [-0.25, -0.2) is 4.39 Å². The lowest BCUT2D eigenvalue weighted by Gasteiger charge is -2.02. The summed E-state index contributed by atoms with van der Waals surface area (Å²) in [7, 11) is 0. The second-order valence-corrected chi connectivity index (χ2v) is 3.15. The summed E-state index contributed by atoms with van der Waals surface area (Å²) in [5, 5.41) is 8.61. The minimum atomic E-state index is -4.70. The van der Waals surface area contributed by atoms with Crippen LogP contribution in [0.2, 0.25) is 0 Å². The van der Waals surface area contributed by atoms with Gasteiger partial charge in [-0.05, 0) is 6.07 Å². The SMILES string of the molecule is N#Cc1c(C(F)(F)F)[nH]c2c(F)cccc12. The van der Waals surface area contributed by atoms with Crippen molar-refractivity contribution in [1.82, 2.24) is 4.98 Å². The zero-order chi connectivity index (χ0) is 11.9. The Hall–Kier alpha value is -2.03. The molecule has 0 bridgehead atoms. The van der Waals surface area contributed by atoms with E-state index < -0.39 is 23.3 Å². The first kappa shape index (κ1) is 10.5. The standard InChI is InChI=1S/C10H4F4N2/c11-7-3-1-2-5-6(4-15)9(10(12,13)14)16-8(5)7/h1-3,16H. The van der Waals surface area contributed by atoms with Gasteiger partial charge < -0.3 is 4.98 Å². The molecule has 0 fully saturated rings. The monoisotopic (exact) mass is 228 g/mol. The minimum absolute atomic E-state index is 0.0603. The van der Waals surface area contributed by atoms with E-state index in [4.69, 9.17) is 5.26 Å². The van der Waals surface area contributed by atoms with Crippen LogP contribution in [0.15, 0.2) is 18.2 Å². The molecule has 82 valence electrons. The second-order valence-electron chi connectivity index (χ2n) is 3.15. The summed E-state index contributed by atoms with van der Waals surface area (Å²) in [6, 6.07) is 4.99. The van der Waals surface area contributed by atoms with Gasteiger partial charge in [-0.15, -0.1) is 0 Å². The van der Waals surface area contributed by atoms with Crippen molar-refractivity contribution >= 4 is 10.9 Å². The number of fused-ring (bicyclic) bond motifs is 1. The summed E-state index contributed by atoms with van der Waals surface area (Å²) < 4.78 is 50.7. The van der Waals surface area contributed by atoms with E-state index in [0.29, 0.717) is 0 Å². The fraction of sp³-hybridized carbons (Fsp3) is 0.100. The summed E-state index contributed by atoms with van der Waals surface area (Å²) in [5.41, 5.74) is -2.09. The third kappa shape index (κ3) is 1.41. The van der Waals surface area contributed by atoms with Gasteiger partial charge in [0.1, 0.15) is 17.6 Å². The van der Waals surface area contributed by atoms with Crippen molar-refractivity contribution in [1.29, 1.82) is 5.26 Å². The highest BCUT2D eigenvalue weighted by Crippen LogP contribution is 2.35. The molecule has 0 spiro atoms. The van der Waals surface area contributed by atoms with Crippen LogP contribution in [0.5, 0.6) is 0 Å². The van der Waals surface area contributed by atoms with Crippen LogP contribution in [-0.2, 0) is 6.18 Å². The molecule has 2 aromatic rings. The molecule has 0 unspecified atom stereocenters. The highest BCUT2D eigenvalue weighted by molar-refractivity contribution is 5.87. The Morgan fingerprint density at radius 3 is 2.50 bits per heavy atom. The van der Waals surface area contributed by atoms with Gasteiger partial charge >= 0.3 is 6.18 Å². The van der Waals surface area contributed by atoms with E-state index in [-0.39, 0.29) is 10.9 Å². The Bertz CT molecular complexity index is 589. The predicted octanol–water partition coefficient (Wildman–Crippen LogP) is 3.20. The molecule has 1 N–H and O–H groups in total. The lowest BCUT2D eigenvalue weighted by Crippen LogP contribution is -2.07. The Kier molecular flexibility index (Phi) is 2.12. The molecule has 0 aliphatic heterocycles. The molecular weight excluding hydrogens is 224 g/mol. The number of alkyl halides is 3. The topological polar surface area (TPSA) is 39.6 Å². The predicted molar refractivity (Wildman–Crippen MR) is 48.0 cm³/mol. The molecule has 0 saturated carbocycles. The van der Waals surface area contributed by atoms with Gasteiger partial charge in [0.2, 0.25) is 0 Å². The van der Waals surface area contributed by atoms with Gasteiger partial charge in [-0.2, -0.15) is 18.4 Å². The van der Waals surface area contributed by atoms with Crippen LogP contribution in [0.3, 0.4) is 0 Å². The van der Waals surface area contributed by atoms with Crippen LogP contribution in [0.25, 0.3) is 10.9 Å². The van der Waals surface area contributed by atoms with Crippen molar-refractivity contribution in [2.75, 3.05) is 0 Å². The molecule has 16 heavy (non-hydrogen) atoms. The third-order valence-corrected chi connectivity index (χ3v) is 2.18. The number of para-hydroxylation sites is 1. The molecule has 0 aliphatic carbocycles. The van der Waals surface area contributed by atoms with Crippen molar-refractivity contribution in [2.24, 2.45) is 0 Å². The Labute approximate surface area is 87.1 Å². The summed E-state index contributed by atoms with van der Waals surface area (Å²) in [6.45, 7) is 0. The normalized spacial score (nSPS) is 11.7. The van der Waals surface area contributed by atoms with Crippen molar-refractivity contribution in [2.45, 2.75) is 6.18 Å². The number of hydrogen-bond acceptors (Lipinski definition) is 1. The first-order valence-electron chi connectivity index (χ1n) is 4.22. The number of H-pyrrole nitrogens is 1. The number of aromatic amines is 1. The minimum Gasteiger partial charge on any atom is -0.347 e. The Morgan fingerprint density at radius 1 is 1.25 bits per heavy atom. The first-order valence-corrected chi connectivity index (χ1v) is 4.22. The quantitative estimate of drug-likeness (QED) is 0.691. The zero-order valence-corrected chi connectivity index (χ0v) is 7.69. The van der Waals surface area contributed by atoms with Crippen LogP contribution in [0, 0.1) is 17.1 Å². The maximum atomic E-state index is 13.2. The Balaban J connectivity index is 2.88. The fourth-order valence-electron chi connectivity index (χ4n) is 1.51. The van der Waals surface area contributed by atoms with E-state index in [9.17, 15) is 17.6 Å². The van der Waals surface area contributed by atoms with E-state index in [0.717, 1.165) is 6.07 Å². The lowest BCUT2D eigenvalue weighted by molar-refractivity contribution is -0.140. The number of nitrogens with zero attached hydrogens (tertiary/aromatic N) is 1. The molecule has 1 aromatic heterocycles. The number of benzene rings is 1. The zero-order valence-electron chi connectivity index (χ0n) is 7.69. The highest BCUT2D eigenvalue weighted by Gasteiger charge is 2.37. The average Bonchev–Trinajstić information content (AvgIpc) is 2.57. The molecule has 0 amide bonds. The van der Waals surface area contributed by atoms with Crippen molar-refractivity contribution in [3.8, 4) is 6.07 Å². The smallest absolute Gasteiger partial charge is 0.347 e. The molecule has 0 aliphatic rings. The summed E-state index contributed by atoms with van der Waals surface area (Å²) in [4.78, 5) is 1.90.